The van der Waals surface area contributed by atoms with E-state index in [-0.39, 0.29) is 12.1 Å². The predicted molar refractivity (Wildman–Crippen MR) is 36.3 cm³/mol. The summed E-state index contributed by atoms with van der Waals surface area (Å²) < 4.78 is 5.12. The van der Waals surface area contributed by atoms with Gasteiger partial charge in [0.25, 0.3) is 0 Å². The van der Waals surface area contributed by atoms with E-state index < -0.39 is 0 Å². The van der Waals surface area contributed by atoms with Crippen LogP contribution in [0.15, 0.2) is 0 Å². The van der Waals surface area contributed by atoms with Crippen LogP contribution in [0.2, 0.25) is 0 Å². The van der Waals surface area contributed by atoms with E-state index in [0.29, 0.717) is 0 Å². The molecule has 0 aromatic rings. The summed E-state index contributed by atoms with van der Waals surface area (Å²) in [6.45, 7) is 1.93. The molecule has 0 aromatic carbocycles. The third-order valence-corrected chi connectivity index (χ3v) is 1.78. The summed E-state index contributed by atoms with van der Waals surface area (Å²) in [5, 5.41) is 3.21. The maximum Gasteiger partial charge on any atom is 0.0846 e. The molecule has 54 valence electrons. The van der Waals surface area contributed by atoms with Gasteiger partial charge in [0.1, 0.15) is 0 Å². The van der Waals surface area contributed by atoms with Crippen molar-refractivity contribution in [3.05, 3.63) is 0 Å². The molecule has 2 atom stereocenters. The van der Waals surface area contributed by atoms with Gasteiger partial charge in [-0.25, -0.2) is 0 Å². The molecule has 0 aliphatic carbocycles. The van der Waals surface area contributed by atoms with Gasteiger partial charge in [-0.15, -0.1) is 0 Å². The number of nitrogens with two attached hydrogens (primary N) is 1. The van der Waals surface area contributed by atoms with Gasteiger partial charge in [-0.2, -0.15) is 0 Å². The Kier molecular flexibility index (Phi) is 2.45. The smallest absolute Gasteiger partial charge is 0.0846 e. The van der Waals surface area contributed by atoms with Gasteiger partial charge >= 0.3 is 0 Å². The van der Waals surface area contributed by atoms with E-state index in [9.17, 15) is 0 Å². The number of methoxy groups -OCH3 is 1. The molecule has 0 amide bonds. The highest BCUT2D eigenvalue weighted by Crippen LogP contribution is 2.02. The van der Waals surface area contributed by atoms with Crippen LogP contribution in [-0.2, 0) is 4.74 Å². The van der Waals surface area contributed by atoms with E-state index in [4.69, 9.17) is 10.5 Å². The zero-order valence-electron chi connectivity index (χ0n) is 5.76. The molecule has 9 heavy (non-hydrogen) atoms. The second-order valence-corrected chi connectivity index (χ2v) is 2.43. The first kappa shape index (κ1) is 6.99. The minimum atomic E-state index is 0.221. The molecule has 1 aliphatic rings. The lowest BCUT2D eigenvalue weighted by atomic mass is 10.1. The van der Waals surface area contributed by atoms with Crippen LogP contribution in [0.4, 0.5) is 0 Å². The SMILES string of the molecule is CO[C@H]1CNCC[C@H]1N. The van der Waals surface area contributed by atoms with Gasteiger partial charge in [0.05, 0.1) is 6.10 Å². The van der Waals surface area contributed by atoms with Gasteiger partial charge < -0.3 is 15.8 Å². The maximum atomic E-state index is 5.72. The molecule has 0 radical (unpaired) electrons. The molecule has 1 fully saturated rings. The van der Waals surface area contributed by atoms with Gasteiger partial charge in [-0.3, -0.25) is 0 Å². The van der Waals surface area contributed by atoms with Gasteiger partial charge in [0.2, 0.25) is 0 Å². The molecule has 1 heterocycles. The van der Waals surface area contributed by atoms with Crippen LogP contribution < -0.4 is 11.1 Å². The molecule has 1 rings (SSSR count). The fourth-order valence-electron chi connectivity index (χ4n) is 1.11. The number of nitrogens with one attached hydrogen (secondary N) is 1. The van der Waals surface area contributed by atoms with Crippen molar-refractivity contribution < 1.29 is 4.74 Å². The van der Waals surface area contributed by atoms with Crippen LogP contribution in [0.5, 0.6) is 0 Å². The van der Waals surface area contributed by atoms with Gasteiger partial charge in [0, 0.05) is 19.7 Å². The lowest BCUT2D eigenvalue weighted by molar-refractivity contribution is 0.0646. The fraction of sp³-hybridized carbons (Fsp3) is 1.00. The van der Waals surface area contributed by atoms with E-state index >= 15 is 0 Å². The summed E-state index contributed by atoms with van der Waals surface area (Å²) in [6, 6.07) is 0.233. The van der Waals surface area contributed by atoms with Crippen molar-refractivity contribution in [2.24, 2.45) is 5.73 Å². The van der Waals surface area contributed by atoms with E-state index in [1.165, 1.54) is 0 Å². The third kappa shape index (κ3) is 1.64. The van der Waals surface area contributed by atoms with Crippen LogP contribution in [0.3, 0.4) is 0 Å². The van der Waals surface area contributed by atoms with Crippen molar-refractivity contribution in [2.45, 2.75) is 18.6 Å². The van der Waals surface area contributed by atoms with Crippen LogP contribution in [0.1, 0.15) is 6.42 Å². The molecular formula is C6H14N2O. The first-order valence-electron chi connectivity index (χ1n) is 3.33. The summed E-state index contributed by atoms with van der Waals surface area (Å²) in [5.41, 5.74) is 5.72. The zero-order valence-corrected chi connectivity index (χ0v) is 5.76. The average molecular weight is 130 g/mol. The van der Waals surface area contributed by atoms with Gasteiger partial charge in [0.15, 0.2) is 0 Å². The Bertz CT molecular complexity index is 87.1. The Hall–Kier alpha value is -0.120. The second kappa shape index (κ2) is 3.15. The Labute approximate surface area is 55.6 Å². The number of hydrogen-bond acceptors (Lipinski definition) is 3. The highest BCUT2D eigenvalue weighted by atomic mass is 16.5. The molecule has 0 aromatic heterocycles. The molecule has 3 nitrogen and oxygen atoms in total. The highest BCUT2D eigenvalue weighted by molar-refractivity contribution is 4.80. The summed E-state index contributed by atoms with van der Waals surface area (Å²) >= 11 is 0. The molecule has 0 saturated carbocycles. The molecule has 0 bridgehead atoms. The van der Waals surface area contributed by atoms with Crippen molar-refractivity contribution in [3.63, 3.8) is 0 Å². The van der Waals surface area contributed by atoms with Gasteiger partial charge in [-0.05, 0) is 13.0 Å². The Morgan fingerprint density at radius 3 is 2.89 bits per heavy atom. The van der Waals surface area contributed by atoms with E-state index in [0.717, 1.165) is 19.5 Å². The average Bonchev–Trinajstić information content (AvgIpc) is 1.89. The normalized spacial score (nSPS) is 36.7. The van der Waals surface area contributed by atoms with Crippen LogP contribution in [0, 0.1) is 0 Å². The minimum absolute atomic E-state index is 0.221. The lowest BCUT2D eigenvalue weighted by Crippen LogP contribution is -2.49. The Morgan fingerprint density at radius 2 is 2.44 bits per heavy atom. The number of rotatable bonds is 1. The highest BCUT2D eigenvalue weighted by Gasteiger charge is 2.19. The van der Waals surface area contributed by atoms with Crippen LogP contribution in [0.25, 0.3) is 0 Å². The van der Waals surface area contributed by atoms with Crippen LogP contribution >= 0.6 is 0 Å². The number of ether oxygens (including phenoxy) is 1. The summed E-state index contributed by atoms with van der Waals surface area (Å²) in [4.78, 5) is 0. The van der Waals surface area contributed by atoms with Crippen molar-refractivity contribution in [2.75, 3.05) is 20.2 Å². The monoisotopic (exact) mass is 130 g/mol. The molecule has 1 saturated heterocycles. The van der Waals surface area contributed by atoms with E-state index in [2.05, 4.69) is 5.32 Å². The number of hydrogen-bond donors (Lipinski definition) is 2. The summed E-state index contributed by atoms with van der Waals surface area (Å²) in [7, 11) is 1.71. The van der Waals surface area contributed by atoms with Crippen molar-refractivity contribution in [1.82, 2.24) is 5.32 Å². The first-order valence-corrected chi connectivity index (χ1v) is 3.33. The molecule has 3 N–H and O–H groups in total. The van der Waals surface area contributed by atoms with Crippen molar-refractivity contribution in [1.29, 1.82) is 0 Å². The molecule has 0 unspecified atom stereocenters. The van der Waals surface area contributed by atoms with Crippen molar-refractivity contribution in [3.8, 4) is 0 Å². The zero-order chi connectivity index (χ0) is 6.69. The largest absolute Gasteiger partial charge is 0.379 e. The fourth-order valence-corrected chi connectivity index (χ4v) is 1.11. The minimum Gasteiger partial charge on any atom is -0.379 e. The predicted octanol–water partition coefficient (Wildman–Crippen LogP) is -0.678. The van der Waals surface area contributed by atoms with Crippen LogP contribution in [-0.4, -0.2) is 32.3 Å². The summed E-state index contributed by atoms with van der Waals surface area (Å²) in [5.74, 6) is 0. The van der Waals surface area contributed by atoms with Gasteiger partial charge in [-0.1, -0.05) is 0 Å². The summed E-state index contributed by atoms with van der Waals surface area (Å²) in [6.07, 6.45) is 1.25. The quantitative estimate of drug-likeness (QED) is 0.494. The molecule has 3 heteroatoms. The molecular weight excluding hydrogens is 116 g/mol. The maximum absolute atomic E-state index is 5.72. The van der Waals surface area contributed by atoms with Crippen molar-refractivity contribution >= 4 is 0 Å². The number of piperidine rings is 1. The van der Waals surface area contributed by atoms with E-state index in [1.54, 1.807) is 7.11 Å². The standard InChI is InChI=1S/C6H14N2O/c1-9-6-4-8-3-2-5(6)7/h5-6,8H,2-4,7H2,1H3/t5-,6+/m1/s1. The molecule has 1 aliphatic heterocycles. The second-order valence-electron chi connectivity index (χ2n) is 2.43. The Morgan fingerprint density at radius 1 is 1.67 bits per heavy atom. The topological polar surface area (TPSA) is 47.3 Å². The third-order valence-electron chi connectivity index (χ3n) is 1.78. The first-order chi connectivity index (χ1) is 4.34. The van der Waals surface area contributed by atoms with E-state index in [1.807, 2.05) is 0 Å². The molecule has 0 spiro atoms. The Balaban J connectivity index is 2.30. The lowest BCUT2D eigenvalue weighted by Gasteiger charge is -2.27.